The van der Waals surface area contributed by atoms with Crippen LogP contribution in [-0.2, 0) is 8.85 Å². The molecule has 2 nitrogen and oxygen atoms in total. The first-order valence-corrected chi connectivity index (χ1v) is 12.4. The SMILES string of the molecule is CCC(C)O[Si](OC(C)CC)(C1CCCCC1)C1CCCCC1. The van der Waals surface area contributed by atoms with E-state index in [0.717, 1.165) is 23.9 Å². The molecule has 2 rings (SSSR count). The van der Waals surface area contributed by atoms with Gasteiger partial charge in [-0.1, -0.05) is 52.4 Å². The van der Waals surface area contributed by atoms with Gasteiger partial charge in [0.2, 0.25) is 0 Å². The molecule has 0 bridgehead atoms. The van der Waals surface area contributed by atoms with Gasteiger partial charge in [-0.15, -0.1) is 0 Å². The average Bonchev–Trinajstić information content (AvgIpc) is 2.62. The fraction of sp³-hybridized carbons (Fsp3) is 1.00. The van der Waals surface area contributed by atoms with Gasteiger partial charge in [-0.05, 0) is 52.4 Å². The Balaban J connectivity index is 2.28. The highest BCUT2D eigenvalue weighted by Gasteiger charge is 2.53. The lowest BCUT2D eigenvalue weighted by Gasteiger charge is -2.48. The third-order valence-corrected chi connectivity index (χ3v) is 11.2. The van der Waals surface area contributed by atoms with Crippen molar-refractivity contribution >= 4 is 8.56 Å². The molecule has 3 heteroatoms. The standard InChI is InChI=1S/C20H40O2Si/c1-5-17(3)21-23(22-18(4)6-2,19-13-9-7-10-14-19)20-15-11-8-12-16-20/h17-20H,5-16H2,1-4H3. The van der Waals surface area contributed by atoms with Gasteiger partial charge in [-0.3, -0.25) is 0 Å². The van der Waals surface area contributed by atoms with Crippen molar-refractivity contribution < 1.29 is 8.85 Å². The van der Waals surface area contributed by atoms with E-state index in [2.05, 4.69) is 27.7 Å². The van der Waals surface area contributed by atoms with Gasteiger partial charge in [-0.2, -0.15) is 0 Å². The molecule has 2 aliphatic rings. The molecular formula is C20H40O2Si. The summed E-state index contributed by atoms with van der Waals surface area (Å²) in [6.07, 6.45) is 16.7. The smallest absolute Gasteiger partial charge is 0.345 e. The first-order chi connectivity index (χ1) is 11.1. The lowest BCUT2D eigenvalue weighted by molar-refractivity contribution is 0.0642. The van der Waals surface area contributed by atoms with Crippen LogP contribution in [0.3, 0.4) is 0 Å². The van der Waals surface area contributed by atoms with E-state index in [9.17, 15) is 0 Å². The summed E-state index contributed by atoms with van der Waals surface area (Å²) >= 11 is 0. The second-order valence-electron chi connectivity index (χ2n) is 8.06. The van der Waals surface area contributed by atoms with Crippen LogP contribution in [0.2, 0.25) is 11.1 Å². The van der Waals surface area contributed by atoms with E-state index in [4.69, 9.17) is 8.85 Å². The summed E-state index contributed by atoms with van der Waals surface area (Å²) < 4.78 is 13.9. The molecule has 2 fully saturated rings. The zero-order chi connectivity index (χ0) is 16.7. The molecule has 0 heterocycles. The Morgan fingerprint density at radius 2 is 1.04 bits per heavy atom. The van der Waals surface area contributed by atoms with Crippen molar-refractivity contribution in [2.75, 3.05) is 0 Å². The van der Waals surface area contributed by atoms with E-state index in [0.29, 0.717) is 12.2 Å². The fourth-order valence-corrected chi connectivity index (χ4v) is 10.1. The highest BCUT2D eigenvalue weighted by atomic mass is 28.4. The first kappa shape index (κ1) is 19.5. The lowest BCUT2D eigenvalue weighted by Crippen LogP contribution is -2.55. The lowest BCUT2D eigenvalue weighted by atomic mass is 9.99. The van der Waals surface area contributed by atoms with Crippen LogP contribution in [0.25, 0.3) is 0 Å². The number of hydrogen-bond donors (Lipinski definition) is 0. The minimum Gasteiger partial charge on any atom is -0.391 e. The molecular weight excluding hydrogens is 300 g/mol. The van der Waals surface area contributed by atoms with Gasteiger partial charge >= 0.3 is 8.56 Å². The molecule has 0 saturated heterocycles. The third-order valence-electron chi connectivity index (χ3n) is 6.27. The molecule has 0 aromatic rings. The van der Waals surface area contributed by atoms with Crippen LogP contribution in [0.15, 0.2) is 0 Å². The van der Waals surface area contributed by atoms with Gasteiger partial charge in [0.1, 0.15) is 0 Å². The fourth-order valence-electron chi connectivity index (χ4n) is 4.55. The Bertz CT molecular complexity index is 290. The highest BCUT2D eigenvalue weighted by molar-refractivity contribution is 6.70. The predicted molar refractivity (Wildman–Crippen MR) is 101 cm³/mol. The zero-order valence-corrected chi connectivity index (χ0v) is 17.1. The minimum atomic E-state index is -2.16. The summed E-state index contributed by atoms with van der Waals surface area (Å²) in [7, 11) is -2.16. The molecule has 0 aromatic carbocycles. The largest absolute Gasteiger partial charge is 0.391 e. The molecule has 2 atom stereocenters. The summed E-state index contributed by atoms with van der Waals surface area (Å²) in [4.78, 5) is 0. The van der Waals surface area contributed by atoms with Gasteiger partial charge in [-0.25, -0.2) is 0 Å². The monoisotopic (exact) mass is 340 g/mol. The number of hydrogen-bond acceptors (Lipinski definition) is 2. The van der Waals surface area contributed by atoms with Crippen LogP contribution >= 0.6 is 0 Å². The minimum absolute atomic E-state index is 0.356. The highest BCUT2D eigenvalue weighted by Crippen LogP contribution is 2.50. The third kappa shape index (κ3) is 5.06. The molecule has 0 radical (unpaired) electrons. The Morgan fingerprint density at radius 3 is 1.35 bits per heavy atom. The molecule has 0 aliphatic heterocycles. The molecule has 23 heavy (non-hydrogen) atoms. The summed E-state index contributed by atoms with van der Waals surface area (Å²) in [5, 5.41) is 0. The van der Waals surface area contributed by atoms with Crippen LogP contribution in [0.4, 0.5) is 0 Å². The van der Waals surface area contributed by atoms with Crippen LogP contribution in [0.1, 0.15) is 105 Å². The Hall–Kier alpha value is 0.137. The van der Waals surface area contributed by atoms with Crippen LogP contribution < -0.4 is 0 Å². The second-order valence-corrected chi connectivity index (χ2v) is 11.6. The molecule has 0 spiro atoms. The van der Waals surface area contributed by atoms with E-state index < -0.39 is 8.56 Å². The second kappa shape index (κ2) is 9.58. The van der Waals surface area contributed by atoms with E-state index in [1.54, 1.807) is 0 Å². The van der Waals surface area contributed by atoms with Crippen LogP contribution in [0, 0.1) is 0 Å². The van der Waals surface area contributed by atoms with Gasteiger partial charge in [0.25, 0.3) is 0 Å². The molecule has 0 amide bonds. The van der Waals surface area contributed by atoms with Crippen molar-refractivity contribution in [2.45, 2.75) is 128 Å². The van der Waals surface area contributed by atoms with Gasteiger partial charge in [0.15, 0.2) is 0 Å². The Kier molecular flexibility index (Phi) is 8.10. The summed E-state index contributed by atoms with van der Waals surface area (Å²) in [5.41, 5.74) is 1.48. The maximum Gasteiger partial charge on any atom is 0.345 e. The van der Waals surface area contributed by atoms with Crippen molar-refractivity contribution in [1.29, 1.82) is 0 Å². The molecule has 136 valence electrons. The van der Waals surface area contributed by atoms with Crippen molar-refractivity contribution in [3.05, 3.63) is 0 Å². The molecule has 0 aromatic heterocycles. The molecule has 2 aliphatic carbocycles. The maximum absolute atomic E-state index is 6.96. The van der Waals surface area contributed by atoms with Gasteiger partial charge < -0.3 is 8.85 Å². The van der Waals surface area contributed by atoms with Crippen LogP contribution in [-0.4, -0.2) is 20.8 Å². The van der Waals surface area contributed by atoms with Gasteiger partial charge in [0, 0.05) is 23.3 Å². The number of rotatable bonds is 8. The summed E-state index contributed by atoms with van der Waals surface area (Å²) in [6.45, 7) is 9.06. The van der Waals surface area contributed by atoms with Crippen molar-refractivity contribution in [2.24, 2.45) is 0 Å². The van der Waals surface area contributed by atoms with Crippen molar-refractivity contribution in [3.8, 4) is 0 Å². The van der Waals surface area contributed by atoms with E-state index >= 15 is 0 Å². The van der Waals surface area contributed by atoms with Gasteiger partial charge in [0.05, 0.1) is 0 Å². The zero-order valence-electron chi connectivity index (χ0n) is 16.1. The Labute approximate surface area is 146 Å². The summed E-state index contributed by atoms with van der Waals surface area (Å²) in [6, 6.07) is 0. The Morgan fingerprint density at radius 1 is 0.696 bits per heavy atom. The average molecular weight is 341 g/mol. The van der Waals surface area contributed by atoms with E-state index in [1.165, 1.54) is 64.2 Å². The molecule has 2 unspecified atom stereocenters. The normalized spacial score (nSPS) is 24.5. The molecule has 2 saturated carbocycles. The van der Waals surface area contributed by atoms with Crippen molar-refractivity contribution in [1.82, 2.24) is 0 Å². The van der Waals surface area contributed by atoms with Crippen LogP contribution in [0.5, 0.6) is 0 Å². The summed E-state index contributed by atoms with van der Waals surface area (Å²) in [5.74, 6) is 0. The van der Waals surface area contributed by atoms with Crippen molar-refractivity contribution in [3.63, 3.8) is 0 Å². The van der Waals surface area contributed by atoms with E-state index in [-0.39, 0.29) is 0 Å². The van der Waals surface area contributed by atoms with E-state index in [1.807, 2.05) is 0 Å². The molecule has 0 N–H and O–H groups in total. The predicted octanol–water partition coefficient (Wildman–Crippen LogP) is 6.73. The topological polar surface area (TPSA) is 18.5 Å². The first-order valence-electron chi connectivity index (χ1n) is 10.5. The maximum atomic E-state index is 6.96. The quantitative estimate of drug-likeness (QED) is 0.456.